The van der Waals surface area contributed by atoms with Gasteiger partial charge in [-0.15, -0.1) is 0 Å². The van der Waals surface area contributed by atoms with E-state index < -0.39 is 28.5 Å². The Kier molecular flexibility index (Phi) is 10.9. The number of carbonyl (C=O) groups is 2. The molecule has 7 nitrogen and oxygen atoms in total. The molecule has 0 radical (unpaired) electrons. The Hall–Kier alpha value is -2.78. The van der Waals surface area contributed by atoms with Crippen molar-refractivity contribution in [2.45, 2.75) is 57.6 Å². The second-order valence-electron chi connectivity index (χ2n) is 9.52. The number of nitrogens with one attached hydrogen (secondary N) is 1. The molecule has 0 fully saturated rings. The van der Waals surface area contributed by atoms with Gasteiger partial charge in [0.15, 0.2) is 0 Å². The van der Waals surface area contributed by atoms with Gasteiger partial charge in [-0.2, -0.15) is 0 Å². The van der Waals surface area contributed by atoms with E-state index in [1.165, 1.54) is 17.0 Å². The third-order valence-electron chi connectivity index (χ3n) is 6.54. The Balaban J connectivity index is 2.06. The van der Waals surface area contributed by atoms with E-state index in [0.29, 0.717) is 38.3 Å². The van der Waals surface area contributed by atoms with Gasteiger partial charge >= 0.3 is 0 Å². The van der Waals surface area contributed by atoms with Crippen LogP contribution in [0.25, 0.3) is 0 Å². The number of benzene rings is 3. The fourth-order valence-electron chi connectivity index (χ4n) is 4.01. The quantitative estimate of drug-likeness (QED) is 0.265. The standard InChI is InChI=1S/C29H32Cl3N3O4S/c1-5-20(3)33-29(37)21(4)34(17-22-11-13-25(31)26(32)16-22)28(36)18-35(27-14-12-23(30)15-19(27)2)40(38,39)24-9-7-6-8-10-24/h6-16,20-21H,5,17-18H2,1-4H3,(H,33,37)/t20-,21-/m0/s1. The highest BCUT2D eigenvalue weighted by Crippen LogP contribution is 2.30. The van der Waals surface area contributed by atoms with Crippen molar-refractivity contribution in [2.24, 2.45) is 0 Å². The summed E-state index contributed by atoms with van der Waals surface area (Å²) < 4.78 is 28.8. The number of rotatable bonds is 11. The van der Waals surface area contributed by atoms with Crippen LogP contribution in [0.15, 0.2) is 71.6 Å². The number of nitrogens with zero attached hydrogens (tertiary/aromatic N) is 2. The van der Waals surface area contributed by atoms with Gasteiger partial charge in [0.05, 0.1) is 20.6 Å². The summed E-state index contributed by atoms with van der Waals surface area (Å²) in [4.78, 5) is 28.5. The first kappa shape index (κ1) is 31.7. The lowest BCUT2D eigenvalue weighted by molar-refractivity contribution is -0.139. The maximum atomic E-state index is 14.0. The van der Waals surface area contributed by atoms with E-state index in [1.807, 2.05) is 13.8 Å². The van der Waals surface area contributed by atoms with Crippen molar-refractivity contribution >= 4 is 62.3 Å². The van der Waals surface area contributed by atoms with E-state index in [2.05, 4.69) is 5.32 Å². The van der Waals surface area contributed by atoms with Gasteiger partial charge in [-0.25, -0.2) is 8.42 Å². The van der Waals surface area contributed by atoms with Crippen molar-refractivity contribution in [2.75, 3.05) is 10.8 Å². The van der Waals surface area contributed by atoms with Crippen LogP contribution in [0.2, 0.25) is 15.1 Å². The van der Waals surface area contributed by atoms with Gasteiger partial charge in [0.25, 0.3) is 10.0 Å². The SMILES string of the molecule is CC[C@H](C)NC(=O)[C@H](C)N(Cc1ccc(Cl)c(Cl)c1)C(=O)CN(c1ccc(Cl)cc1C)S(=O)(=O)c1ccccc1. The van der Waals surface area contributed by atoms with Crippen LogP contribution in [0, 0.1) is 6.92 Å². The maximum absolute atomic E-state index is 14.0. The normalized spacial score (nSPS) is 12.9. The third-order valence-corrected chi connectivity index (χ3v) is 9.29. The average molecular weight is 625 g/mol. The van der Waals surface area contributed by atoms with Crippen LogP contribution in [0.3, 0.4) is 0 Å². The molecule has 0 unspecified atom stereocenters. The zero-order valence-corrected chi connectivity index (χ0v) is 25.8. The molecule has 40 heavy (non-hydrogen) atoms. The molecule has 0 aliphatic rings. The van der Waals surface area contributed by atoms with Crippen LogP contribution in [-0.4, -0.2) is 43.8 Å². The van der Waals surface area contributed by atoms with E-state index in [-0.39, 0.29) is 23.4 Å². The highest BCUT2D eigenvalue weighted by atomic mass is 35.5. The number of hydrogen-bond acceptors (Lipinski definition) is 4. The lowest BCUT2D eigenvalue weighted by Crippen LogP contribution is -2.52. The molecule has 11 heteroatoms. The Morgan fingerprint density at radius 2 is 1.60 bits per heavy atom. The van der Waals surface area contributed by atoms with Gasteiger partial charge in [-0.05, 0) is 80.8 Å². The first-order chi connectivity index (χ1) is 18.8. The summed E-state index contributed by atoms with van der Waals surface area (Å²) in [5.41, 5.74) is 1.50. The minimum absolute atomic E-state index is 0.00361. The summed E-state index contributed by atoms with van der Waals surface area (Å²) in [6.07, 6.45) is 0.706. The first-order valence-corrected chi connectivity index (χ1v) is 15.3. The third kappa shape index (κ3) is 7.69. The second-order valence-corrected chi connectivity index (χ2v) is 12.6. The fourth-order valence-corrected chi connectivity index (χ4v) is 6.06. The average Bonchev–Trinajstić information content (AvgIpc) is 2.92. The molecule has 3 aromatic rings. The molecule has 0 aliphatic carbocycles. The maximum Gasteiger partial charge on any atom is 0.264 e. The van der Waals surface area contributed by atoms with E-state index in [4.69, 9.17) is 34.8 Å². The van der Waals surface area contributed by atoms with E-state index in [9.17, 15) is 18.0 Å². The molecule has 0 heterocycles. The zero-order valence-electron chi connectivity index (χ0n) is 22.7. The minimum atomic E-state index is -4.17. The molecule has 214 valence electrons. The molecule has 3 aromatic carbocycles. The molecular formula is C29H32Cl3N3O4S. The monoisotopic (exact) mass is 623 g/mol. The van der Waals surface area contributed by atoms with Crippen LogP contribution in [0.4, 0.5) is 5.69 Å². The van der Waals surface area contributed by atoms with Crippen molar-refractivity contribution in [1.29, 1.82) is 0 Å². The summed E-state index contributed by atoms with van der Waals surface area (Å²) in [5.74, 6) is -0.936. The molecule has 0 aliphatic heterocycles. The van der Waals surface area contributed by atoms with Crippen molar-refractivity contribution < 1.29 is 18.0 Å². The topological polar surface area (TPSA) is 86.8 Å². The van der Waals surface area contributed by atoms with Gasteiger partial charge < -0.3 is 10.2 Å². The van der Waals surface area contributed by atoms with E-state index in [1.54, 1.807) is 68.4 Å². The van der Waals surface area contributed by atoms with Gasteiger partial charge in [-0.3, -0.25) is 13.9 Å². The summed E-state index contributed by atoms with van der Waals surface area (Å²) in [7, 11) is -4.17. The fraction of sp³-hybridized carbons (Fsp3) is 0.310. The molecule has 0 saturated carbocycles. The van der Waals surface area contributed by atoms with Crippen LogP contribution in [0.1, 0.15) is 38.3 Å². The Morgan fingerprint density at radius 3 is 2.20 bits per heavy atom. The van der Waals surface area contributed by atoms with Gasteiger partial charge in [0.1, 0.15) is 12.6 Å². The van der Waals surface area contributed by atoms with Crippen LogP contribution < -0.4 is 9.62 Å². The molecule has 0 saturated heterocycles. The number of anilines is 1. The molecule has 2 atom stereocenters. The molecule has 1 N–H and O–H groups in total. The molecule has 0 spiro atoms. The van der Waals surface area contributed by atoms with Gasteiger partial charge in [0, 0.05) is 17.6 Å². The van der Waals surface area contributed by atoms with Crippen LogP contribution >= 0.6 is 34.8 Å². The molecule has 2 amide bonds. The second kappa shape index (κ2) is 13.7. The molecule has 3 rings (SSSR count). The van der Waals surface area contributed by atoms with Crippen molar-refractivity contribution in [3.63, 3.8) is 0 Å². The highest BCUT2D eigenvalue weighted by Gasteiger charge is 2.33. The number of halogens is 3. The Labute approximate surface area is 251 Å². The van der Waals surface area contributed by atoms with E-state index in [0.717, 1.165) is 4.31 Å². The Morgan fingerprint density at radius 1 is 0.925 bits per heavy atom. The van der Waals surface area contributed by atoms with Gasteiger partial charge in [0.2, 0.25) is 11.8 Å². The zero-order chi connectivity index (χ0) is 29.6. The summed E-state index contributed by atoms with van der Waals surface area (Å²) in [6, 6.07) is 16.5. The lowest BCUT2D eigenvalue weighted by atomic mass is 10.1. The smallest absolute Gasteiger partial charge is 0.264 e. The van der Waals surface area contributed by atoms with Crippen molar-refractivity contribution in [3.05, 3.63) is 92.9 Å². The van der Waals surface area contributed by atoms with Crippen LogP contribution in [-0.2, 0) is 26.2 Å². The molecule has 0 bridgehead atoms. The van der Waals surface area contributed by atoms with Crippen LogP contribution in [0.5, 0.6) is 0 Å². The predicted octanol–water partition coefficient (Wildman–Crippen LogP) is 6.48. The summed E-state index contributed by atoms with van der Waals surface area (Å²) in [6.45, 7) is 6.58. The largest absolute Gasteiger partial charge is 0.352 e. The highest BCUT2D eigenvalue weighted by molar-refractivity contribution is 7.92. The predicted molar refractivity (Wildman–Crippen MR) is 162 cm³/mol. The minimum Gasteiger partial charge on any atom is -0.352 e. The number of aryl methyl sites for hydroxylation is 1. The number of sulfonamides is 1. The van der Waals surface area contributed by atoms with Gasteiger partial charge in [-0.1, -0.05) is 66.0 Å². The number of carbonyl (C=O) groups excluding carboxylic acids is 2. The van der Waals surface area contributed by atoms with E-state index >= 15 is 0 Å². The molecular weight excluding hydrogens is 593 g/mol. The number of hydrogen-bond donors (Lipinski definition) is 1. The Bertz CT molecular complexity index is 1470. The summed E-state index contributed by atoms with van der Waals surface area (Å²) in [5, 5.41) is 3.98. The lowest BCUT2D eigenvalue weighted by Gasteiger charge is -2.33. The molecule has 0 aromatic heterocycles. The first-order valence-electron chi connectivity index (χ1n) is 12.7. The van der Waals surface area contributed by atoms with Crippen molar-refractivity contribution in [3.8, 4) is 0 Å². The number of amides is 2. The summed E-state index contributed by atoms with van der Waals surface area (Å²) >= 11 is 18.4. The van der Waals surface area contributed by atoms with Crippen molar-refractivity contribution in [1.82, 2.24) is 10.2 Å².